The van der Waals surface area contributed by atoms with Gasteiger partial charge < -0.3 is 0 Å². The molecule has 0 radical (unpaired) electrons. The Kier molecular flexibility index (Phi) is 6.13. The van der Waals surface area contributed by atoms with Crippen molar-refractivity contribution >= 4 is 11.8 Å². The average Bonchev–Trinajstić information content (AvgIpc) is 2.57. The Hall–Kier alpha value is -1.77. The first-order chi connectivity index (χ1) is 12.4. The van der Waals surface area contributed by atoms with Crippen molar-refractivity contribution in [2.24, 2.45) is 0 Å². The SMILES string of the molecule is CC(C)c1c(F)c(F)c(Sc2c(F)c(F)c(C(C)C)c(F)c2F)c(F)c1F. The topological polar surface area (TPSA) is 0 Å². The smallest absolute Gasteiger partial charge is 0.176 e. The van der Waals surface area contributed by atoms with E-state index in [2.05, 4.69) is 0 Å². The first-order valence-electron chi connectivity index (χ1n) is 7.81. The quantitative estimate of drug-likeness (QED) is 0.377. The standard InChI is InChI=1S/C18H14F8S/c1-5(2)7-9(19)13(23)17(14(24)10(7)20)27-18-15(25)11(21)8(6(3)4)12(22)16(18)26/h5-6H,1-4H3. The van der Waals surface area contributed by atoms with E-state index < -0.39 is 91.1 Å². The van der Waals surface area contributed by atoms with Gasteiger partial charge in [0.25, 0.3) is 0 Å². The lowest BCUT2D eigenvalue weighted by Crippen LogP contribution is -2.09. The van der Waals surface area contributed by atoms with Crippen LogP contribution in [0.4, 0.5) is 35.1 Å². The maximum atomic E-state index is 14.2. The summed E-state index contributed by atoms with van der Waals surface area (Å²) in [4.78, 5) is -2.88. The largest absolute Gasteiger partial charge is 0.203 e. The summed E-state index contributed by atoms with van der Waals surface area (Å²) in [5.74, 6) is -16.5. The van der Waals surface area contributed by atoms with E-state index in [-0.39, 0.29) is 0 Å². The van der Waals surface area contributed by atoms with Crippen molar-refractivity contribution in [2.45, 2.75) is 49.3 Å². The third kappa shape index (κ3) is 3.53. The second-order valence-corrected chi connectivity index (χ2v) is 7.43. The molecule has 0 bridgehead atoms. The summed E-state index contributed by atoms with van der Waals surface area (Å²) in [6.45, 7) is 5.12. The third-order valence-corrected chi connectivity index (χ3v) is 5.00. The molecule has 0 amide bonds. The van der Waals surface area contributed by atoms with Crippen molar-refractivity contribution in [3.8, 4) is 0 Å². The van der Waals surface area contributed by atoms with Gasteiger partial charge in [-0.15, -0.1) is 0 Å². The summed E-state index contributed by atoms with van der Waals surface area (Å²) in [5, 5.41) is 0. The molecule has 0 heterocycles. The molecule has 0 saturated heterocycles. The van der Waals surface area contributed by atoms with Gasteiger partial charge in [-0.3, -0.25) is 0 Å². The van der Waals surface area contributed by atoms with Crippen LogP contribution in [0.5, 0.6) is 0 Å². The molecule has 0 aliphatic rings. The fraction of sp³-hybridized carbons (Fsp3) is 0.333. The molecule has 27 heavy (non-hydrogen) atoms. The molecule has 0 fully saturated rings. The fourth-order valence-corrected chi connectivity index (χ4v) is 3.47. The molecule has 0 aliphatic heterocycles. The second kappa shape index (κ2) is 7.69. The Labute approximate surface area is 154 Å². The second-order valence-electron chi connectivity index (χ2n) is 6.41. The molecule has 2 aromatic carbocycles. The Bertz CT molecular complexity index is 774. The maximum Gasteiger partial charge on any atom is 0.176 e. The summed E-state index contributed by atoms with van der Waals surface area (Å²) >= 11 is -0.468. The van der Waals surface area contributed by atoms with E-state index in [1.165, 1.54) is 27.7 Å². The summed E-state index contributed by atoms with van der Waals surface area (Å²) in [5.41, 5.74) is -1.77. The normalized spacial score (nSPS) is 11.8. The lowest BCUT2D eigenvalue weighted by atomic mass is 10.0. The summed E-state index contributed by atoms with van der Waals surface area (Å²) in [6, 6.07) is 0. The zero-order valence-corrected chi connectivity index (χ0v) is 15.4. The van der Waals surface area contributed by atoms with Crippen molar-refractivity contribution in [3.63, 3.8) is 0 Å². The molecule has 0 aromatic heterocycles. The molecular weight excluding hydrogens is 400 g/mol. The highest BCUT2D eigenvalue weighted by Gasteiger charge is 2.32. The minimum atomic E-state index is -1.91. The summed E-state index contributed by atoms with van der Waals surface area (Å²) in [6.07, 6.45) is 0. The van der Waals surface area contributed by atoms with Crippen LogP contribution in [-0.2, 0) is 0 Å². The molecule has 2 aromatic rings. The van der Waals surface area contributed by atoms with Crippen LogP contribution in [-0.4, -0.2) is 0 Å². The number of rotatable bonds is 4. The van der Waals surface area contributed by atoms with Crippen LogP contribution in [0.15, 0.2) is 9.79 Å². The van der Waals surface area contributed by atoms with Gasteiger partial charge in [-0.2, -0.15) is 0 Å². The lowest BCUT2D eigenvalue weighted by Gasteiger charge is -2.16. The predicted octanol–water partition coefficient (Wildman–Crippen LogP) is 7.20. The zero-order valence-electron chi connectivity index (χ0n) is 14.6. The van der Waals surface area contributed by atoms with Crippen molar-refractivity contribution in [2.75, 3.05) is 0 Å². The van der Waals surface area contributed by atoms with Crippen LogP contribution in [0.1, 0.15) is 50.7 Å². The van der Waals surface area contributed by atoms with E-state index in [9.17, 15) is 35.1 Å². The fourth-order valence-electron chi connectivity index (χ4n) is 2.55. The van der Waals surface area contributed by atoms with Crippen molar-refractivity contribution < 1.29 is 35.1 Å². The predicted molar refractivity (Wildman–Crippen MR) is 84.8 cm³/mol. The molecule has 9 heteroatoms. The van der Waals surface area contributed by atoms with Crippen LogP contribution in [0.25, 0.3) is 0 Å². The van der Waals surface area contributed by atoms with Gasteiger partial charge >= 0.3 is 0 Å². The number of hydrogen-bond acceptors (Lipinski definition) is 1. The highest BCUT2D eigenvalue weighted by molar-refractivity contribution is 7.99. The van der Waals surface area contributed by atoms with Crippen LogP contribution in [0, 0.1) is 46.5 Å². The monoisotopic (exact) mass is 414 g/mol. The molecule has 0 unspecified atom stereocenters. The minimum Gasteiger partial charge on any atom is -0.203 e. The first-order valence-corrected chi connectivity index (χ1v) is 8.62. The van der Waals surface area contributed by atoms with E-state index in [4.69, 9.17) is 0 Å². The molecule has 0 N–H and O–H groups in total. The van der Waals surface area contributed by atoms with E-state index in [0.29, 0.717) is 0 Å². The molecule has 148 valence electrons. The average molecular weight is 414 g/mol. The van der Waals surface area contributed by atoms with Crippen molar-refractivity contribution in [1.82, 2.24) is 0 Å². The summed E-state index contributed by atoms with van der Waals surface area (Å²) in [7, 11) is 0. The van der Waals surface area contributed by atoms with Gasteiger partial charge in [0.15, 0.2) is 46.5 Å². The van der Waals surface area contributed by atoms with Gasteiger partial charge in [0, 0.05) is 11.1 Å². The molecular formula is C18H14F8S. The van der Waals surface area contributed by atoms with Crippen LogP contribution in [0.3, 0.4) is 0 Å². The van der Waals surface area contributed by atoms with Gasteiger partial charge in [0.1, 0.15) is 0 Å². The summed E-state index contributed by atoms with van der Waals surface area (Å²) < 4.78 is 113. The maximum absolute atomic E-state index is 14.2. The van der Waals surface area contributed by atoms with Gasteiger partial charge in [-0.1, -0.05) is 39.5 Å². The Morgan fingerprint density at radius 1 is 0.444 bits per heavy atom. The Morgan fingerprint density at radius 3 is 0.852 bits per heavy atom. The Morgan fingerprint density at radius 2 is 0.667 bits per heavy atom. The van der Waals surface area contributed by atoms with Crippen molar-refractivity contribution in [1.29, 1.82) is 0 Å². The number of hydrogen-bond donors (Lipinski definition) is 0. The highest BCUT2D eigenvalue weighted by Crippen LogP contribution is 2.42. The minimum absolute atomic E-state index is 0.468. The molecule has 0 spiro atoms. The van der Waals surface area contributed by atoms with Crippen molar-refractivity contribution in [3.05, 3.63) is 57.7 Å². The third-order valence-electron chi connectivity index (χ3n) is 3.87. The van der Waals surface area contributed by atoms with Crippen LogP contribution in [0.2, 0.25) is 0 Å². The number of benzene rings is 2. The Balaban J connectivity index is 2.73. The van der Waals surface area contributed by atoms with Gasteiger partial charge in [0.05, 0.1) is 9.79 Å². The highest BCUT2D eigenvalue weighted by atomic mass is 32.2. The van der Waals surface area contributed by atoms with E-state index in [1.807, 2.05) is 0 Å². The first kappa shape index (κ1) is 21.5. The molecule has 0 atom stereocenters. The van der Waals surface area contributed by atoms with E-state index >= 15 is 0 Å². The molecule has 2 rings (SSSR count). The van der Waals surface area contributed by atoms with Crippen LogP contribution >= 0.6 is 11.8 Å². The van der Waals surface area contributed by atoms with E-state index in [0.717, 1.165) is 0 Å². The molecule has 0 saturated carbocycles. The zero-order chi connectivity index (χ0) is 20.8. The van der Waals surface area contributed by atoms with Crippen LogP contribution < -0.4 is 0 Å². The lowest BCUT2D eigenvalue weighted by molar-refractivity contribution is 0.401. The molecule has 0 aliphatic carbocycles. The van der Waals surface area contributed by atoms with Gasteiger partial charge in [-0.25, -0.2) is 35.1 Å². The number of halogens is 8. The van der Waals surface area contributed by atoms with E-state index in [1.54, 1.807) is 0 Å². The van der Waals surface area contributed by atoms with Gasteiger partial charge in [-0.05, 0) is 11.8 Å². The van der Waals surface area contributed by atoms with Gasteiger partial charge in [0.2, 0.25) is 0 Å². The molecule has 0 nitrogen and oxygen atoms in total.